The van der Waals surface area contributed by atoms with Gasteiger partial charge < -0.3 is 5.32 Å². The third-order valence-corrected chi connectivity index (χ3v) is 2.23. The van der Waals surface area contributed by atoms with Crippen molar-refractivity contribution in [1.82, 2.24) is 4.72 Å². The average molecular weight is 226 g/mol. The molecule has 4 heteroatoms. The molecule has 14 heavy (non-hydrogen) atoms. The SMILES string of the molecule is CSNCc1ccc(NC(C)=S)cc1. The van der Waals surface area contributed by atoms with Gasteiger partial charge in [0.05, 0.1) is 4.99 Å². The van der Waals surface area contributed by atoms with E-state index in [0.29, 0.717) is 0 Å². The minimum absolute atomic E-state index is 0.792. The molecule has 0 aliphatic heterocycles. The van der Waals surface area contributed by atoms with E-state index in [2.05, 4.69) is 22.2 Å². The van der Waals surface area contributed by atoms with Gasteiger partial charge >= 0.3 is 0 Å². The molecule has 0 heterocycles. The van der Waals surface area contributed by atoms with Crippen molar-refractivity contribution in [2.75, 3.05) is 11.6 Å². The molecule has 76 valence electrons. The van der Waals surface area contributed by atoms with Crippen LogP contribution in [0, 0.1) is 0 Å². The number of nitrogens with one attached hydrogen (secondary N) is 2. The quantitative estimate of drug-likeness (QED) is 0.609. The summed E-state index contributed by atoms with van der Waals surface area (Å²) >= 11 is 6.58. The maximum Gasteiger partial charge on any atom is 0.0765 e. The molecule has 0 unspecified atom stereocenters. The van der Waals surface area contributed by atoms with Gasteiger partial charge in [0.15, 0.2) is 0 Å². The van der Waals surface area contributed by atoms with Crippen LogP contribution < -0.4 is 10.0 Å². The molecule has 1 aromatic rings. The number of anilines is 1. The van der Waals surface area contributed by atoms with E-state index >= 15 is 0 Å². The third-order valence-electron chi connectivity index (χ3n) is 1.69. The van der Waals surface area contributed by atoms with Crippen molar-refractivity contribution in [3.05, 3.63) is 29.8 Å². The van der Waals surface area contributed by atoms with E-state index in [4.69, 9.17) is 12.2 Å². The molecular weight excluding hydrogens is 212 g/mol. The van der Waals surface area contributed by atoms with Crippen molar-refractivity contribution >= 4 is 34.8 Å². The molecule has 1 aromatic carbocycles. The zero-order valence-electron chi connectivity index (χ0n) is 8.33. The Morgan fingerprint density at radius 2 is 2.00 bits per heavy atom. The lowest BCUT2D eigenvalue weighted by Gasteiger charge is -2.05. The molecule has 0 bridgehead atoms. The smallest absolute Gasteiger partial charge is 0.0765 e. The van der Waals surface area contributed by atoms with Crippen LogP contribution in [-0.4, -0.2) is 11.2 Å². The van der Waals surface area contributed by atoms with Crippen LogP contribution in [0.1, 0.15) is 12.5 Å². The molecule has 2 nitrogen and oxygen atoms in total. The Bertz CT molecular complexity index is 295. The number of rotatable bonds is 4. The van der Waals surface area contributed by atoms with Crippen molar-refractivity contribution in [2.24, 2.45) is 0 Å². The molecule has 0 aliphatic carbocycles. The van der Waals surface area contributed by atoms with Crippen LogP contribution >= 0.6 is 24.2 Å². The van der Waals surface area contributed by atoms with E-state index < -0.39 is 0 Å². The summed E-state index contributed by atoms with van der Waals surface area (Å²) in [6, 6.07) is 8.24. The topological polar surface area (TPSA) is 24.1 Å². The first-order chi connectivity index (χ1) is 6.72. The van der Waals surface area contributed by atoms with Crippen molar-refractivity contribution in [2.45, 2.75) is 13.5 Å². The summed E-state index contributed by atoms with van der Waals surface area (Å²) in [5, 5.41) is 3.09. The molecule has 0 atom stereocenters. The van der Waals surface area contributed by atoms with Gasteiger partial charge in [0.1, 0.15) is 0 Å². The van der Waals surface area contributed by atoms with E-state index in [0.717, 1.165) is 17.2 Å². The van der Waals surface area contributed by atoms with Gasteiger partial charge in [0.2, 0.25) is 0 Å². The Morgan fingerprint density at radius 3 is 2.50 bits per heavy atom. The Hall–Kier alpha value is -0.580. The average Bonchev–Trinajstić information content (AvgIpc) is 2.16. The van der Waals surface area contributed by atoms with Crippen LogP contribution in [0.3, 0.4) is 0 Å². The molecule has 0 aromatic heterocycles. The van der Waals surface area contributed by atoms with Crippen molar-refractivity contribution in [3.63, 3.8) is 0 Å². The second-order valence-electron chi connectivity index (χ2n) is 2.90. The van der Waals surface area contributed by atoms with E-state index in [1.807, 2.05) is 25.3 Å². The highest BCUT2D eigenvalue weighted by atomic mass is 32.2. The highest BCUT2D eigenvalue weighted by molar-refractivity contribution is 7.96. The lowest BCUT2D eigenvalue weighted by molar-refractivity contribution is 0.980. The van der Waals surface area contributed by atoms with Crippen LogP contribution in [0.15, 0.2) is 24.3 Å². The molecule has 1 rings (SSSR count). The van der Waals surface area contributed by atoms with Gasteiger partial charge in [-0.25, -0.2) is 0 Å². The predicted molar refractivity (Wildman–Crippen MR) is 68.7 cm³/mol. The summed E-state index contributed by atoms with van der Waals surface area (Å²) in [6.45, 7) is 2.76. The Balaban J connectivity index is 2.54. The van der Waals surface area contributed by atoms with Gasteiger partial charge in [-0.05, 0) is 30.9 Å². The number of thiocarbonyl (C=S) groups is 1. The zero-order valence-corrected chi connectivity index (χ0v) is 9.97. The molecule has 0 saturated heterocycles. The van der Waals surface area contributed by atoms with Crippen LogP contribution in [0.25, 0.3) is 0 Å². The van der Waals surface area contributed by atoms with E-state index in [-0.39, 0.29) is 0 Å². The first-order valence-corrected chi connectivity index (χ1v) is 5.98. The Labute approximate surface area is 94.6 Å². The normalized spacial score (nSPS) is 9.86. The highest BCUT2D eigenvalue weighted by Gasteiger charge is 1.94. The zero-order chi connectivity index (χ0) is 10.4. The van der Waals surface area contributed by atoms with Gasteiger partial charge in [0, 0.05) is 12.2 Å². The first kappa shape index (κ1) is 11.5. The van der Waals surface area contributed by atoms with Crippen LogP contribution in [0.2, 0.25) is 0 Å². The fourth-order valence-corrected chi connectivity index (χ4v) is 1.49. The molecule has 0 amide bonds. The lowest BCUT2D eigenvalue weighted by Crippen LogP contribution is -2.04. The maximum absolute atomic E-state index is 4.95. The summed E-state index contributed by atoms with van der Waals surface area (Å²) in [5.41, 5.74) is 2.32. The summed E-state index contributed by atoms with van der Waals surface area (Å²) < 4.78 is 3.20. The maximum atomic E-state index is 4.95. The van der Waals surface area contributed by atoms with Crippen molar-refractivity contribution < 1.29 is 0 Å². The Morgan fingerprint density at radius 1 is 1.36 bits per heavy atom. The van der Waals surface area contributed by atoms with Gasteiger partial charge in [-0.1, -0.05) is 36.3 Å². The first-order valence-electron chi connectivity index (χ1n) is 4.34. The monoisotopic (exact) mass is 226 g/mol. The van der Waals surface area contributed by atoms with E-state index in [1.165, 1.54) is 5.56 Å². The molecule has 0 saturated carbocycles. The second-order valence-corrected chi connectivity index (χ2v) is 4.21. The standard InChI is InChI=1S/C10H14N2S2/c1-8(13)12-10-5-3-9(4-6-10)7-11-14-2/h3-6,11H,7H2,1-2H3,(H,12,13). The van der Waals surface area contributed by atoms with Crippen LogP contribution in [-0.2, 0) is 6.54 Å². The molecule has 0 aliphatic rings. The summed E-state index contributed by atoms with van der Waals surface area (Å²) in [6.07, 6.45) is 2.02. The number of hydrogen-bond acceptors (Lipinski definition) is 3. The largest absolute Gasteiger partial charge is 0.350 e. The fraction of sp³-hybridized carbons (Fsp3) is 0.300. The van der Waals surface area contributed by atoms with Crippen molar-refractivity contribution in [1.29, 1.82) is 0 Å². The summed E-state index contributed by atoms with van der Waals surface area (Å²) in [4.78, 5) is 0.792. The second kappa shape index (κ2) is 6.01. The van der Waals surface area contributed by atoms with Crippen molar-refractivity contribution in [3.8, 4) is 0 Å². The van der Waals surface area contributed by atoms with Gasteiger partial charge in [0.25, 0.3) is 0 Å². The van der Waals surface area contributed by atoms with Gasteiger partial charge in [-0.2, -0.15) is 0 Å². The van der Waals surface area contributed by atoms with E-state index in [1.54, 1.807) is 11.9 Å². The predicted octanol–water partition coefficient (Wildman–Crippen LogP) is 2.81. The minimum atomic E-state index is 0.792. The third kappa shape index (κ3) is 4.09. The number of hydrogen-bond donors (Lipinski definition) is 2. The summed E-state index contributed by atoms with van der Waals surface area (Å²) in [5.74, 6) is 0. The highest BCUT2D eigenvalue weighted by Crippen LogP contribution is 2.09. The summed E-state index contributed by atoms with van der Waals surface area (Å²) in [7, 11) is 0. The molecule has 0 fully saturated rings. The fourth-order valence-electron chi connectivity index (χ4n) is 1.06. The molecule has 2 N–H and O–H groups in total. The molecule has 0 spiro atoms. The van der Waals surface area contributed by atoms with Gasteiger partial charge in [-0.3, -0.25) is 4.72 Å². The van der Waals surface area contributed by atoms with Crippen LogP contribution in [0.4, 0.5) is 5.69 Å². The minimum Gasteiger partial charge on any atom is -0.350 e. The molecular formula is C10H14N2S2. The van der Waals surface area contributed by atoms with Gasteiger partial charge in [-0.15, -0.1) is 0 Å². The number of benzene rings is 1. The Kier molecular flexibility index (Phi) is 4.93. The lowest BCUT2D eigenvalue weighted by atomic mass is 10.2. The molecule has 0 radical (unpaired) electrons. The van der Waals surface area contributed by atoms with Crippen LogP contribution in [0.5, 0.6) is 0 Å². The van der Waals surface area contributed by atoms with E-state index in [9.17, 15) is 0 Å².